The molecule has 0 amide bonds. The Balaban J connectivity index is 1.49. The number of aromatic hydroxyl groups is 1. The minimum absolute atomic E-state index is 0.299. The topological polar surface area (TPSA) is 20.2 Å². The van der Waals surface area contributed by atoms with Crippen LogP contribution in [0.1, 0.15) is 44.5 Å². The van der Waals surface area contributed by atoms with Crippen LogP contribution in [-0.4, -0.2) is 5.11 Å². The Bertz CT molecular complexity index is 2300. The van der Waals surface area contributed by atoms with Crippen LogP contribution in [0.15, 0.2) is 152 Å². The first-order valence-corrected chi connectivity index (χ1v) is 16.0. The van der Waals surface area contributed by atoms with Crippen LogP contribution in [0, 0.1) is 0 Å². The van der Waals surface area contributed by atoms with Crippen molar-refractivity contribution in [3.63, 3.8) is 0 Å². The third-order valence-corrected chi connectivity index (χ3v) is 11.4. The zero-order valence-electron chi connectivity index (χ0n) is 23.8. The molecule has 44 heavy (non-hydrogen) atoms. The van der Waals surface area contributed by atoms with Crippen molar-refractivity contribution in [1.29, 1.82) is 0 Å². The van der Waals surface area contributed by atoms with Gasteiger partial charge in [0.15, 0.2) is 0 Å². The van der Waals surface area contributed by atoms with E-state index in [-0.39, 0.29) is 0 Å². The highest BCUT2D eigenvalue weighted by Crippen LogP contribution is 2.73. The average molecular weight is 579 g/mol. The summed E-state index contributed by atoms with van der Waals surface area (Å²) in [5.74, 6) is 0.299. The molecule has 2 heteroatoms. The number of allylic oxidation sites excluding steroid dienone is 2. The second-order valence-corrected chi connectivity index (χ2v) is 13.2. The van der Waals surface area contributed by atoms with E-state index in [1.807, 2.05) is 17.4 Å². The molecule has 0 fully saturated rings. The van der Waals surface area contributed by atoms with Gasteiger partial charge in [-0.2, -0.15) is 0 Å². The van der Waals surface area contributed by atoms with Gasteiger partial charge in [0.05, 0.1) is 10.8 Å². The molecule has 3 aliphatic carbocycles. The standard InChI is InChI=1S/C42H26OS/c43-28-23-24-30-35(25-28)42(34-21-11-8-18-31(34)40-39(42)32-19-9-12-22-36(32)44-40)38-29-17-7-10-20-33(29)41(37(30)38,26-13-3-1-4-14-26)27-15-5-2-6-16-27/h1-25,43H/t42-/m0/s1. The van der Waals surface area contributed by atoms with Gasteiger partial charge in [-0.25, -0.2) is 0 Å². The molecular formula is C42H26OS. The van der Waals surface area contributed by atoms with Crippen LogP contribution >= 0.6 is 11.3 Å². The molecule has 0 radical (unpaired) electrons. The molecule has 0 aliphatic heterocycles. The summed E-state index contributed by atoms with van der Waals surface area (Å²) in [6, 6.07) is 55.0. The molecule has 206 valence electrons. The number of fused-ring (bicyclic) bond motifs is 13. The van der Waals surface area contributed by atoms with Crippen molar-refractivity contribution >= 4 is 32.6 Å². The summed E-state index contributed by atoms with van der Waals surface area (Å²) < 4.78 is 1.30. The number of rotatable bonds is 2. The minimum Gasteiger partial charge on any atom is -0.508 e. The largest absolute Gasteiger partial charge is 0.508 e. The second kappa shape index (κ2) is 8.47. The number of hydrogen-bond acceptors (Lipinski definition) is 2. The van der Waals surface area contributed by atoms with Gasteiger partial charge in [-0.15, -0.1) is 11.3 Å². The molecule has 1 nitrogen and oxygen atoms in total. The first-order valence-electron chi connectivity index (χ1n) is 15.2. The van der Waals surface area contributed by atoms with Crippen molar-refractivity contribution in [2.24, 2.45) is 0 Å². The van der Waals surface area contributed by atoms with E-state index in [1.165, 1.54) is 76.2 Å². The van der Waals surface area contributed by atoms with Gasteiger partial charge in [0, 0.05) is 9.58 Å². The quantitative estimate of drug-likeness (QED) is 0.216. The number of phenols is 1. The highest BCUT2D eigenvalue weighted by atomic mass is 32.1. The summed E-state index contributed by atoms with van der Waals surface area (Å²) in [6.45, 7) is 0. The molecular weight excluding hydrogens is 553 g/mol. The van der Waals surface area contributed by atoms with Crippen molar-refractivity contribution < 1.29 is 5.11 Å². The predicted molar refractivity (Wildman–Crippen MR) is 181 cm³/mol. The van der Waals surface area contributed by atoms with E-state index in [0.717, 1.165) is 0 Å². The van der Waals surface area contributed by atoms with Crippen LogP contribution in [0.3, 0.4) is 0 Å². The SMILES string of the molecule is Oc1ccc2c(c1)[C@]1(C3=C2C(c2ccccc2)(c2ccccc2)c2ccccc23)c2ccccc2-c2sc3ccccc3c21. The normalized spacial score (nSPS) is 18.3. The molecule has 0 saturated carbocycles. The van der Waals surface area contributed by atoms with Crippen molar-refractivity contribution in [3.05, 3.63) is 196 Å². The Hall–Kier alpha value is -5.18. The maximum absolute atomic E-state index is 11.2. The second-order valence-electron chi connectivity index (χ2n) is 12.1. The highest BCUT2D eigenvalue weighted by molar-refractivity contribution is 7.22. The van der Waals surface area contributed by atoms with Crippen molar-refractivity contribution in [2.45, 2.75) is 10.8 Å². The zero-order valence-corrected chi connectivity index (χ0v) is 24.6. The summed E-state index contributed by atoms with van der Waals surface area (Å²) in [7, 11) is 0. The van der Waals surface area contributed by atoms with Gasteiger partial charge in [0.1, 0.15) is 5.75 Å². The third kappa shape index (κ3) is 2.68. The molecule has 1 aromatic heterocycles. The van der Waals surface area contributed by atoms with Crippen LogP contribution < -0.4 is 0 Å². The number of phenolic OH excluding ortho intramolecular Hbond substituents is 1. The van der Waals surface area contributed by atoms with Gasteiger partial charge >= 0.3 is 0 Å². The van der Waals surface area contributed by atoms with Crippen LogP contribution in [0.5, 0.6) is 5.75 Å². The lowest BCUT2D eigenvalue weighted by molar-refractivity contribution is 0.474. The lowest BCUT2D eigenvalue weighted by Crippen LogP contribution is -2.29. The van der Waals surface area contributed by atoms with Crippen LogP contribution in [-0.2, 0) is 10.8 Å². The molecule has 1 heterocycles. The number of hydrogen-bond donors (Lipinski definition) is 1. The van der Waals surface area contributed by atoms with E-state index in [9.17, 15) is 5.11 Å². The van der Waals surface area contributed by atoms with Crippen molar-refractivity contribution in [1.82, 2.24) is 0 Å². The molecule has 10 rings (SSSR count). The van der Waals surface area contributed by atoms with E-state index in [0.29, 0.717) is 5.75 Å². The monoisotopic (exact) mass is 578 g/mol. The van der Waals surface area contributed by atoms with Gasteiger partial charge in [0.25, 0.3) is 0 Å². The Labute approximate surface area is 260 Å². The Morgan fingerprint density at radius 1 is 0.455 bits per heavy atom. The van der Waals surface area contributed by atoms with E-state index in [1.54, 1.807) is 0 Å². The molecule has 6 aromatic carbocycles. The molecule has 0 bridgehead atoms. The van der Waals surface area contributed by atoms with Gasteiger partial charge in [-0.1, -0.05) is 133 Å². The summed E-state index contributed by atoms with van der Waals surface area (Å²) in [6.07, 6.45) is 0. The number of benzene rings is 6. The van der Waals surface area contributed by atoms with Gasteiger partial charge in [0.2, 0.25) is 0 Å². The first kappa shape index (κ1) is 24.3. The van der Waals surface area contributed by atoms with Crippen LogP contribution in [0.25, 0.3) is 31.7 Å². The zero-order chi connectivity index (χ0) is 29.0. The summed E-state index contributed by atoms with van der Waals surface area (Å²) >= 11 is 1.89. The smallest absolute Gasteiger partial charge is 0.115 e. The summed E-state index contributed by atoms with van der Waals surface area (Å²) in [5.41, 5.74) is 13.0. The maximum Gasteiger partial charge on any atom is 0.115 e. The van der Waals surface area contributed by atoms with E-state index >= 15 is 0 Å². The predicted octanol–water partition coefficient (Wildman–Crippen LogP) is 10.2. The average Bonchev–Trinajstić information content (AvgIpc) is 3.78. The fourth-order valence-corrected chi connectivity index (χ4v) is 10.1. The fourth-order valence-electron chi connectivity index (χ4n) is 8.84. The van der Waals surface area contributed by atoms with Crippen molar-refractivity contribution in [2.75, 3.05) is 0 Å². The molecule has 1 atom stereocenters. The molecule has 1 N–H and O–H groups in total. The van der Waals surface area contributed by atoms with E-state index in [2.05, 4.69) is 146 Å². The Morgan fingerprint density at radius 3 is 1.73 bits per heavy atom. The fraction of sp³-hybridized carbons (Fsp3) is 0.0476. The maximum atomic E-state index is 11.2. The third-order valence-electron chi connectivity index (χ3n) is 10.2. The van der Waals surface area contributed by atoms with E-state index in [4.69, 9.17) is 0 Å². The van der Waals surface area contributed by atoms with Crippen molar-refractivity contribution in [3.8, 4) is 16.2 Å². The molecule has 7 aromatic rings. The van der Waals surface area contributed by atoms with Gasteiger partial charge in [-0.3, -0.25) is 0 Å². The minimum atomic E-state index is -0.573. The number of thiophene rings is 1. The Morgan fingerprint density at radius 2 is 1.00 bits per heavy atom. The molecule has 0 unspecified atom stereocenters. The lowest BCUT2D eigenvalue weighted by Gasteiger charge is -2.36. The van der Waals surface area contributed by atoms with E-state index < -0.39 is 10.8 Å². The highest BCUT2D eigenvalue weighted by Gasteiger charge is 2.62. The van der Waals surface area contributed by atoms with Gasteiger partial charge in [-0.05, 0) is 84.8 Å². The first-order chi connectivity index (χ1) is 21.8. The van der Waals surface area contributed by atoms with Crippen LogP contribution in [0.2, 0.25) is 0 Å². The van der Waals surface area contributed by atoms with Crippen LogP contribution in [0.4, 0.5) is 0 Å². The van der Waals surface area contributed by atoms with Gasteiger partial charge < -0.3 is 5.11 Å². The molecule has 3 aliphatic rings. The molecule has 1 spiro atoms. The summed E-state index contributed by atoms with van der Waals surface area (Å²) in [5, 5.41) is 12.5. The summed E-state index contributed by atoms with van der Waals surface area (Å²) in [4.78, 5) is 1.33. The lowest BCUT2D eigenvalue weighted by atomic mass is 9.65. The molecule has 0 saturated heterocycles. The Kier molecular flexibility index (Phi) is 4.67.